The Labute approximate surface area is 79.5 Å². The molecule has 3 heteroatoms. The number of hydrogen-bond acceptors (Lipinski definition) is 3. The van der Waals surface area contributed by atoms with E-state index in [1.165, 1.54) is 0 Å². The Morgan fingerprint density at radius 2 is 1.85 bits per heavy atom. The molecule has 76 valence electrons. The van der Waals surface area contributed by atoms with Crippen molar-refractivity contribution in [3.8, 4) is 0 Å². The minimum absolute atomic E-state index is 0.142. The van der Waals surface area contributed by atoms with Crippen LogP contribution in [0.1, 0.15) is 40.0 Å². The minimum Gasteiger partial charge on any atom is -0.466 e. The van der Waals surface area contributed by atoms with E-state index in [4.69, 9.17) is 4.74 Å². The fourth-order valence-corrected chi connectivity index (χ4v) is 1.03. The lowest BCUT2D eigenvalue weighted by Gasteiger charge is -2.03. The standard InChI is InChI=1S/C10H18O3/c1-4-13-10(12)6-5-9(11)7-8(2)3/h8H,4-7H2,1-3H3. The average Bonchev–Trinajstić information content (AvgIpc) is 2.00. The van der Waals surface area contributed by atoms with Gasteiger partial charge >= 0.3 is 5.97 Å². The van der Waals surface area contributed by atoms with Gasteiger partial charge in [0.05, 0.1) is 13.0 Å². The first-order valence-electron chi connectivity index (χ1n) is 4.73. The molecule has 0 rings (SSSR count). The van der Waals surface area contributed by atoms with Gasteiger partial charge in [-0.3, -0.25) is 9.59 Å². The van der Waals surface area contributed by atoms with Crippen LogP contribution in [0.3, 0.4) is 0 Å². The third kappa shape index (κ3) is 7.50. The molecule has 0 saturated heterocycles. The molecule has 0 aliphatic rings. The summed E-state index contributed by atoms with van der Waals surface area (Å²) in [4.78, 5) is 22.0. The van der Waals surface area contributed by atoms with Crippen LogP contribution in [0.25, 0.3) is 0 Å². The van der Waals surface area contributed by atoms with Gasteiger partial charge in [-0.05, 0) is 12.8 Å². The Balaban J connectivity index is 3.52. The van der Waals surface area contributed by atoms with E-state index in [-0.39, 0.29) is 18.2 Å². The van der Waals surface area contributed by atoms with Crippen molar-refractivity contribution in [2.75, 3.05) is 6.61 Å². The number of carbonyl (C=O) groups is 2. The first kappa shape index (κ1) is 12.1. The average molecular weight is 186 g/mol. The van der Waals surface area contributed by atoms with Crippen molar-refractivity contribution in [1.82, 2.24) is 0 Å². The lowest BCUT2D eigenvalue weighted by molar-refractivity contribution is -0.144. The Hall–Kier alpha value is -0.860. The van der Waals surface area contributed by atoms with Gasteiger partial charge in [0, 0.05) is 12.8 Å². The Kier molecular flexibility index (Phi) is 6.20. The van der Waals surface area contributed by atoms with Gasteiger partial charge in [0.25, 0.3) is 0 Å². The lowest BCUT2D eigenvalue weighted by Crippen LogP contribution is -2.09. The quantitative estimate of drug-likeness (QED) is 0.595. The van der Waals surface area contributed by atoms with Crippen LogP contribution in [-0.2, 0) is 14.3 Å². The summed E-state index contributed by atoms with van der Waals surface area (Å²) in [5.41, 5.74) is 0. The molecule has 0 amide bonds. The summed E-state index contributed by atoms with van der Waals surface area (Å²) >= 11 is 0. The molecule has 0 aromatic rings. The Morgan fingerprint density at radius 3 is 2.31 bits per heavy atom. The van der Waals surface area contributed by atoms with Crippen LogP contribution in [0.2, 0.25) is 0 Å². The monoisotopic (exact) mass is 186 g/mol. The number of carbonyl (C=O) groups excluding carboxylic acids is 2. The molecule has 0 heterocycles. The van der Waals surface area contributed by atoms with Crippen LogP contribution in [0.15, 0.2) is 0 Å². The molecule has 13 heavy (non-hydrogen) atoms. The lowest BCUT2D eigenvalue weighted by atomic mass is 10.0. The molecule has 3 nitrogen and oxygen atoms in total. The Bertz CT molecular complexity index is 173. The van der Waals surface area contributed by atoms with Gasteiger partial charge in [0.1, 0.15) is 5.78 Å². The highest BCUT2D eigenvalue weighted by molar-refractivity contribution is 5.82. The molecule has 0 N–H and O–H groups in total. The van der Waals surface area contributed by atoms with Gasteiger partial charge in [0.15, 0.2) is 0 Å². The van der Waals surface area contributed by atoms with Crippen LogP contribution < -0.4 is 0 Å². The highest BCUT2D eigenvalue weighted by Crippen LogP contribution is 2.04. The SMILES string of the molecule is CCOC(=O)CCC(=O)CC(C)C. The second-order valence-corrected chi connectivity index (χ2v) is 3.44. The summed E-state index contributed by atoms with van der Waals surface area (Å²) in [6.07, 6.45) is 1.09. The molecule has 0 aromatic heterocycles. The minimum atomic E-state index is -0.278. The maximum atomic E-state index is 11.2. The van der Waals surface area contributed by atoms with E-state index in [1.807, 2.05) is 13.8 Å². The third-order valence-electron chi connectivity index (χ3n) is 1.55. The first-order valence-corrected chi connectivity index (χ1v) is 4.73. The van der Waals surface area contributed by atoms with Crippen molar-refractivity contribution in [3.63, 3.8) is 0 Å². The van der Waals surface area contributed by atoms with Crippen molar-refractivity contribution in [2.45, 2.75) is 40.0 Å². The summed E-state index contributed by atoms with van der Waals surface area (Å²) in [5.74, 6) is 0.234. The van der Waals surface area contributed by atoms with E-state index < -0.39 is 0 Å². The van der Waals surface area contributed by atoms with E-state index in [9.17, 15) is 9.59 Å². The van der Waals surface area contributed by atoms with Gasteiger partial charge in [-0.2, -0.15) is 0 Å². The van der Waals surface area contributed by atoms with Gasteiger partial charge in [0.2, 0.25) is 0 Å². The topological polar surface area (TPSA) is 43.4 Å². The molecule has 0 bridgehead atoms. The number of ketones is 1. The van der Waals surface area contributed by atoms with Gasteiger partial charge in [-0.15, -0.1) is 0 Å². The molecular formula is C10H18O3. The summed E-state index contributed by atoms with van der Waals surface area (Å²) in [6, 6.07) is 0. The van der Waals surface area contributed by atoms with Crippen molar-refractivity contribution < 1.29 is 14.3 Å². The largest absolute Gasteiger partial charge is 0.466 e. The van der Waals surface area contributed by atoms with Crippen LogP contribution >= 0.6 is 0 Å². The Morgan fingerprint density at radius 1 is 1.23 bits per heavy atom. The van der Waals surface area contributed by atoms with Crippen molar-refractivity contribution in [3.05, 3.63) is 0 Å². The molecule has 0 atom stereocenters. The van der Waals surface area contributed by atoms with Crippen molar-refractivity contribution >= 4 is 11.8 Å². The zero-order valence-electron chi connectivity index (χ0n) is 8.63. The van der Waals surface area contributed by atoms with Gasteiger partial charge in [-0.25, -0.2) is 0 Å². The summed E-state index contributed by atoms with van der Waals surface area (Å²) < 4.78 is 4.71. The number of esters is 1. The number of Topliss-reactive ketones (excluding diaryl/α,β-unsaturated/α-hetero) is 1. The number of hydrogen-bond donors (Lipinski definition) is 0. The zero-order chi connectivity index (χ0) is 10.3. The second kappa shape index (κ2) is 6.63. The molecular weight excluding hydrogens is 168 g/mol. The molecule has 0 aliphatic carbocycles. The normalized spacial score (nSPS) is 10.2. The van der Waals surface area contributed by atoms with E-state index in [0.717, 1.165) is 0 Å². The van der Waals surface area contributed by atoms with E-state index >= 15 is 0 Å². The zero-order valence-corrected chi connectivity index (χ0v) is 8.63. The molecule has 0 saturated carbocycles. The fourth-order valence-electron chi connectivity index (χ4n) is 1.03. The summed E-state index contributed by atoms with van der Waals surface area (Å²) in [5, 5.41) is 0. The maximum Gasteiger partial charge on any atom is 0.306 e. The smallest absolute Gasteiger partial charge is 0.306 e. The molecule has 0 spiro atoms. The van der Waals surface area contributed by atoms with Crippen molar-refractivity contribution in [2.24, 2.45) is 5.92 Å². The van der Waals surface area contributed by atoms with Crippen molar-refractivity contribution in [1.29, 1.82) is 0 Å². The summed E-state index contributed by atoms with van der Waals surface area (Å²) in [7, 11) is 0. The van der Waals surface area contributed by atoms with Crippen LogP contribution in [0.4, 0.5) is 0 Å². The fraction of sp³-hybridized carbons (Fsp3) is 0.800. The van der Waals surface area contributed by atoms with Gasteiger partial charge in [-0.1, -0.05) is 13.8 Å². The van der Waals surface area contributed by atoms with Gasteiger partial charge < -0.3 is 4.74 Å². The number of ether oxygens (including phenoxy) is 1. The predicted molar refractivity (Wildman–Crippen MR) is 50.3 cm³/mol. The summed E-state index contributed by atoms with van der Waals surface area (Å²) in [6.45, 7) is 6.12. The maximum absolute atomic E-state index is 11.2. The molecule has 0 radical (unpaired) electrons. The second-order valence-electron chi connectivity index (χ2n) is 3.44. The van der Waals surface area contributed by atoms with E-state index in [2.05, 4.69) is 0 Å². The molecule has 0 unspecified atom stereocenters. The van der Waals surface area contributed by atoms with Crippen LogP contribution in [0.5, 0.6) is 0 Å². The molecule has 0 aromatic carbocycles. The highest BCUT2D eigenvalue weighted by atomic mass is 16.5. The van der Waals surface area contributed by atoms with Crippen LogP contribution in [-0.4, -0.2) is 18.4 Å². The predicted octanol–water partition coefficient (Wildman–Crippen LogP) is 1.94. The van der Waals surface area contributed by atoms with Crippen LogP contribution in [0, 0.1) is 5.92 Å². The first-order chi connectivity index (χ1) is 6.06. The van der Waals surface area contributed by atoms with E-state index in [1.54, 1.807) is 6.92 Å². The molecule has 0 fully saturated rings. The number of rotatable bonds is 6. The third-order valence-corrected chi connectivity index (χ3v) is 1.55. The van der Waals surface area contributed by atoms with E-state index in [0.29, 0.717) is 25.4 Å². The highest BCUT2D eigenvalue weighted by Gasteiger charge is 2.08. The molecule has 0 aliphatic heterocycles.